The molecule has 1 fully saturated rings. The Morgan fingerprint density at radius 3 is 1.14 bits per heavy atom. The van der Waals surface area contributed by atoms with Crippen molar-refractivity contribution in [1.82, 2.24) is 5.32 Å². The SMILES string of the molecule is CCCCCCC/C=C/CC/C=C/C(O)C(COC1OC(CO)C(O)C(O)C1O)NC(=O)CCCCCCCCCCCCCCCCCCC/C=C\CCCCCCCCCCCCCCCCCCOC(=O)CCCCCCCCCCCCC. The Kier molecular flexibility index (Phi) is 62.3. The van der Waals surface area contributed by atoms with Crippen molar-refractivity contribution in [3.63, 3.8) is 0 Å². The molecule has 1 amide bonds. The lowest BCUT2D eigenvalue weighted by Gasteiger charge is -2.40. The maximum atomic E-state index is 13.0. The third-order valence-corrected chi connectivity index (χ3v) is 18.0. The Labute approximate surface area is 536 Å². The highest BCUT2D eigenvalue weighted by Gasteiger charge is 2.44. The van der Waals surface area contributed by atoms with Gasteiger partial charge in [0.1, 0.15) is 24.4 Å². The quantitative estimate of drug-likeness (QED) is 0.0195. The molecule has 87 heavy (non-hydrogen) atoms. The molecule has 1 aliphatic rings. The van der Waals surface area contributed by atoms with E-state index < -0.39 is 49.5 Å². The van der Waals surface area contributed by atoms with Crippen LogP contribution in [0.1, 0.15) is 373 Å². The number of carbonyl (C=O) groups excluding carboxylic acids is 2. The topological polar surface area (TPSA) is 175 Å². The van der Waals surface area contributed by atoms with Crippen LogP contribution in [0.5, 0.6) is 0 Å². The Morgan fingerprint density at radius 2 is 0.747 bits per heavy atom. The highest BCUT2D eigenvalue weighted by molar-refractivity contribution is 5.76. The molecule has 11 heteroatoms. The van der Waals surface area contributed by atoms with Crippen LogP contribution in [0.4, 0.5) is 0 Å². The molecule has 512 valence electrons. The number of aliphatic hydroxyl groups is 5. The minimum atomic E-state index is -1.57. The molecule has 0 aromatic carbocycles. The van der Waals surface area contributed by atoms with Gasteiger partial charge in [0.25, 0.3) is 0 Å². The van der Waals surface area contributed by atoms with E-state index in [0.717, 1.165) is 51.4 Å². The van der Waals surface area contributed by atoms with E-state index in [-0.39, 0.29) is 18.5 Å². The van der Waals surface area contributed by atoms with Gasteiger partial charge in [0.15, 0.2) is 6.29 Å². The first-order valence-corrected chi connectivity index (χ1v) is 37.8. The van der Waals surface area contributed by atoms with Crippen molar-refractivity contribution in [1.29, 1.82) is 0 Å². The van der Waals surface area contributed by atoms with Gasteiger partial charge in [-0.15, -0.1) is 0 Å². The van der Waals surface area contributed by atoms with E-state index in [1.54, 1.807) is 6.08 Å². The van der Waals surface area contributed by atoms with Crippen molar-refractivity contribution < 1.29 is 49.3 Å². The summed E-state index contributed by atoms with van der Waals surface area (Å²) in [6.45, 7) is 4.34. The maximum absolute atomic E-state index is 13.0. The largest absolute Gasteiger partial charge is 0.466 e. The summed E-state index contributed by atoms with van der Waals surface area (Å²) < 4.78 is 16.7. The van der Waals surface area contributed by atoms with Crippen molar-refractivity contribution in [2.24, 2.45) is 0 Å². The van der Waals surface area contributed by atoms with Crippen LogP contribution in [0.15, 0.2) is 36.5 Å². The summed E-state index contributed by atoms with van der Waals surface area (Å²) in [7, 11) is 0. The van der Waals surface area contributed by atoms with Gasteiger partial charge in [-0.2, -0.15) is 0 Å². The van der Waals surface area contributed by atoms with Crippen molar-refractivity contribution in [3.8, 4) is 0 Å². The lowest BCUT2D eigenvalue weighted by Crippen LogP contribution is -2.60. The molecule has 7 atom stereocenters. The number of aliphatic hydroxyl groups excluding tert-OH is 5. The lowest BCUT2D eigenvalue weighted by molar-refractivity contribution is -0.302. The third-order valence-electron chi connectivity index (χ3n) is 18.0. The van der Waals surface area contributed by atoms with Crippen LogP contribution in [0.25, 0.3) is 0 Å². The molecule has 1 aliphatic heterocycles. The van der Waals surface area contributed by atoms with Gasteiger partial charge < -0.3 is 45.1 Å². The molecule has 1 rings (SSSR count). The average molecular weight is 1230 g/mol. The first-order chi connectivity index (χ1) is 42.7. The van der Waals surface area contributed by atoms with E-state index in [2.05, 4.69) is 43.5 Å². The molecular weight excluding hydrogens is 1090 g/mol. The Balaban J connectivity index is 1.90. The van der Waals surface area contributed by atoms with E-state index in [0.29, 0.717) is 19.4 Å². The molecular formula is C76H143NO10. The van der Waals surface area contributed by atoms with E-state index in [4.69, 9.17) is 14.2 Å². The van der Waals surface area contributed by atoms with Crippen molar-refractivity contribution in [2.75, 3.05) is 19.8 Å². The maximum Gasteiger partial charge on any atom is 0.305 e. The smallest absolute Gasteiger partial charge is 0.305 e. The van der Waals surface area contributed by atoms with Crippen molar-refractivity contribution in [2.45, 2.75) is 416 Å². The molecule has 0 spiro atoms. The van der Waals surface area contributed by atoms with Crippen LogP contribution in [-0.4, -0.2) is 100 Å². The summed E-state index contributed by atoms with van der Waals surface area (Å²) in [6, 6.07) is -0.824. The summed E-state index contributed by atoms with van der Waals surface area (Å²) >= 11 is 0. The van der Waals surface area contributed by atoms with Crippen LogP contribution in [0, 0.1) is 0 Å². The predicted molar refractivity (Wildman–Crippen MR) is 366 cm³/mol. The first-order valence-electron chi connectivity index (χ1n) is 37.8. The summed E-state index contributed by atoms with van der Waals surface area (Å²) in [6.07, 6.45) is 74.6. The Morgan fingerprint density at radius 1 is 0.414 bits per heavy atom. The zero-order chi connectivity index (χ0) is 63.0. The standard InChI is InChI=1S/C76H143NO10/c1-3-5-7-9-11-13-42-46-50-54-58-62-69(79)68(67-86-76-75(84)74(83)73(82)70(66-78)87-76)77-71(80)63-59-55-51-47-44-40-38-36-34-32-30-28-26-24-22-20-18-16-15-17-19-21-23-25-27-29-31-33-35-37-39-41-45-49-53-57-61-65-85-72(81)64-60-56-52-48-43-14-12-10-8-6-4-2/h15,17,42,46,58,62,68-70,73-76,78-79,82-84H,3-14,16,18-41,43-45,47-57,59-61,63-67H2,1-2H3,(H,77,80)/b17-15-,46-42+,62-58+. The van der Waals surface area contributed by atoms with E-state index in [1.165, 1.54) is 295 Å². The van der Waals surface area contributed by atoms with Crippen LogP contribution < -0.4 is 5.32 Å². The molecule has 1 saturated heterocycles. The second-order valence-electron chi connectivity index (χ2n) is 26.3. The molecule has 7 unspecified atom stereocenters. The minimum Gasteiger partial charge on any atom is -0.466 e. The summed E-state index contributed by atoms with van der Waals surface area (Å²) in [5.41, 5.74) is 0. The van der Waals surface area contributed by atoms with Crippen LogP contribution in [0.2, 0.25) is 0 Å². The number of carbonyl (C=O) groups is 2. The molecule has 0 saturated carbocycles. The Hall–Kier alpha value is -2.12. The van der Waals surface area contributed by atoms with Crippen LogP contribution >= 0.6 is 0 Å². The zero-order valence-electron chi connectivity index (χ0n) is 57.0. The summed E-state index contributed by atoms with van der Waals surface area (Å²) in [5, 5.41) is 54.4. The van der Waals surface area contributed by atoms with E-state index >= 15 is 0 Å². The van der Waals surface area contributed by atoms with Gasteiger partial charge in [0.2, 0.25) is 5.91 Å². The minimum absolute atomic E-state index is 0.0152. The van der Waals surface area contributed by atoms with Crippen molar-refractivity contribution >= 4 is 11.9 Å². The second kappa shape index (κ2) is 65.4. The van der Waals surface area contributed by atoms with Gasteiger partial charge in [-0.3, -0.25) is 9.59 Å². The van der Waals surface area contributed by atoms with Crippen LogP contribution in [0.3, 0.4) is 0 Å². The number of ether oxygens (including phenoxy) is 3. The number of allylic oxidation sites excluding steroid dienone is 5. The number of unbranched alkanes of at least 4 members (excludes halogenated alkanes) is 49. The first kappa shape index (κ1) is 82.9. The van der Waals surface area contributed by atoms with Gasteiger partial charge in [-0.05, 0) is 70.6 Å². The lowest BCUT2D eigenvalue weighted by atomic mass is 9.99. The highest BCUT2D eigenvalue weighted by atomic mass is 16.7. The number of amides is 1. The third kappa shape index (κ3) is 54.2. The normalized spacial score (nSPS) is 18.0. The number of esters is 1. The number of rotatable bonds is 67. The molecule has 0 bridgehead atoms. The van der Waals surface area contributed by atoms with E-state index in [9.17, 15) is 35.1 Å². The summed E-state index contributed by atoms with van der Waals surface area (Å²) in [4.78, 5) is 25.1. The molecule has 6 N–H and O–H groups in total. The Bertz CT molecular complexity index is 1540. The number of nitrogens with one attached hydrogen (secondary N) is 1. The summed E-state index contributed by atoms with van der Waals surface area (Å²) in [5.74, 6) is -0.172. The molecule has 1 heterocycles. The van der Waals surface area contributed by atoms with Gasteiger partial charge in [-0.25, -0.2) is 0 Å². The fourth-order valence-corrected chi connectivity index (χ4v) is 12.0. The monoisotopic (exact) mass is 1230 g/mol. The number of hydrogen-bond donors (Lipinski definition) is 6. The zero-order valence-corrected chi connectivity index (χ0v) is 57.0. The molecule has 0 aromatic rings. The van der Waals surface area contributed by atoms with Crippen molar-refractivity contribution in [3.05, 3.63) is 36.5 Å². The van der Waals surface area contributed by atoms with Gasteiger partial charge in [0, 0.05) is 12.8 Å². The van der Waals surface area contributed by atoms with Gasteiger partial charge in [0.05, 0.1) is 32.0 Å². The number of hydrogen-bond acceptors (Lipinski definition) is 10. The van der Waals surface area contributed by atoms with Gasteiger partial charge in [-0.1, -0.05) is 326 Å². The predicted octanol–water partition coefficient (Wildman–Crippen LogP) is 19.7. The highest BCUT2D eigenvalue weighted by Crippen LogP contribution is 2.24. The fraction of sp³-hybridized carbons (Fsp3) is 0.895. The van der Waals surface area contributed by atoms with Crippen LogP contribution in [-0.2, 0) is 23.8 Å². The average Bonchev–Trinajstić information content (AvgIpc) is 2.27. The fourth-order valence-electron chi connectivity index (χ4n) is 12.0. The molecule has 11 nitrogen and oxygen atoms in total. The van der Waals surface area contributed by atoms with E-state index in [1.807, 2.05) is 6.08 Å². The molecule has 0 aromatic heterocycles. The molecule has 0 radical (unpaired) electrons. The second-order valence-corrected chi connectivity index (χ2v) is 26.3. The van der Waals surface area contributed by atoms with Gasteiger partial charge >= 0.3 is 5.97 Å². The molecule has 0 aliphatic carbocycles.